The SMILES string of the molecule is O=c1nc2c(c(-c3cccc(Cl)c3)[nH]1)COC/C2=C/c1cccc(Cl)c1. The van der Waals surface area contributed by atoms with Crippen molar-refractivity contribution in [1.29, 1.82) is 0 Å². The Bertz CT molecular complexity index is 1070. The first-order valence-electron chi connectivity index (χ1n) is 8.03. The number of benzene rings is 2. The second-order valence-corrected chi connectivity index (χ2v) is 6.84. The molecule has 0 saturated heterocycles. The summed E-state index contributed by atoms with van der Waals surface area (Å²) in [5.41, 5.74) is 4.34. The second-order valence-electron chi connectivity index (χ2n) is 5.97. The minimum atomic E-state index is -0.405. The number of fused-ring (bicyclic) bond motifs is 1. The molecule has 0 atom stereocenters. The number of halogens is 2. The number of hydrogen-bond acceptors (Lipinski definition) is 3. The van der Waals surface area contributed by atoms with Crippen LogP contribution in [0.15, 0.2) is 53.3 Å². The van der Waals surface area contributed by atoms with Gasteiger partial charge < -0.3 is 9.72 Å². The zero-order valence-electron chi connectivity index (χ0n) is 13.6. The molecule has 0 spiro atoms. The Balaban J connectivity index is 1.88. The lowest BCUT2D eigenvalue weighted by atomic mass is 9.98. The van der Waals surface area contributed by atoms with Crippen molar-refractivity contribution in [3.63, 3.8) is 0 Å². The van der Waals surface area contributed by atoms with Crippen LogP contribution in [-0.4, -0.2) is 16.6 Å². The standard InChI is InChI=1S/C20H14Cl2N2O2/c21-15-5-1-3-12(8-15)7-14-10-26-11-17-18(23-20(25)24-19(14)17)13-4-2-6-16(22)9-13/h1-9H,10-11H2,(H,23,24,25)/b14-7-. The highest BCUT2D eigenvalue weighted by molar-refractivity contribution is 6.31. The first-order valence-corrected chi connectivity index (χ1v) is 8.79. The maximum absolute atomic E-state index is 12.2. The summed E-state index contributed by atoms with van der Waals surface area (Å²) in [5, 5.41) is 1.25. The lowest BCUT2D eigenvalue weighted by Gasteiger charge is -2.21. The van der Waals surface area contributed by atoms with E-state index < -0.39 is 5.69 Å². The van der Waals surface area contributed by atoms with Crippen molar-refractivity contribution in [2.24, 2.45) is 0 Å². The van der Waals surface area contributed by atoms with Gasteiger partial charge >= 0.3 is 5.69 Å². The Labute approximate surface area is 160 Å². The molecule has 0 unspecified atom stereocenters. The van der Waals surface area contributed by atoms with E-state index in [1.54, 1.807) is 6.07 Å². The normalized spacial score (nSPS) is 15.1. The average molecular weight is 385 g/mol. The Kier molecular flexibility index (Phi) is 4.64. The lowest BCUT2D eigenvalue weighted by molar-refractivity contribution is 0.146. The van der Waals surface area contributed by atoms with Gasteiger partial charge in [-0.05, 0) is 41.5 Å². The van der Waals surface area contributed by atoms with E-state index >= 15 is 0 Å². The van der Waals surface area contributed by atoms with E-state index in [9.17, 15) is 4.79 Å². The summed E-state index contributed by atoms with van der Waals surface area (Å²) in [6.45, 7) is 0.749. The summed E-state index contributed by atoms with van der Waals surface area (Å²) in [6.07, 6.45) is 1.94. The van der Waals surface area contributed by atoms with Crippen LogP contribution in [0.3, 0.4) is 0 Å². The zero-order chi connectivity index (χ0) is 18.1. The molecule has 0 aliphatic carbocycles. The third kappa shape index (κ3) is 3.44. The summed E-state index contributed by atoms with van der Waals surface area (Å²) in [4.78, 5) is 19.2. The first-order chi connectivity index (χ1) is 12.6. The summed E-state index contributed by atoms with van der Waals surface area (Å²) >= 11 is 12.2. The van der Waals surface area contributed by atoms with Crippen molar-refractivity contribution < 1.29 is 4.74 Å². The molecule has 1 aromatic heterocycles. The highest BCUT2D eigenvalue weighted by Crippen LogP contribution is 2.32. The molecule has 3 aromatic rings. The monoisotopic (exact) mass is 384 g/mol. The number of aromatic nitrogens is 2. The highest BCUT2D eigenvalue weighted by Gasteiger charge is 2.22. The van der Waals surface area contributed by atoms with Crippen LogP contribution in [0.4, 0.5) is 0 Å². The fraction of sp³-hybridized carbons (Fsp3) is 0.100. The van der Waals surface area contributed by atoms with Crippen molar-refractivity contribution in [2.45, 2.75) is 6.61 Å². The van der Waals surface area contributed by atoms with Crippen molar-refractivity contribution >= 4 is 34.9 Å². The van der Waals surface area contributed by atoms with Crippen LogP contribution in [0, 0.1) is 0 Å². The molecule has 2 heterocycles. The highest BCUT2D eigenvalue weighted by atomic mass is 35.5. The predicted molar refractivity (Wildman–Crippen MR) is 104 cm³/mol. The van der Waals surface area contributed by atoms with Gasteiger partial charge in [0.1, 0.15) is 0 Å². The van der Waals surface area contributed by atoms with Gasteiger partial charge in [0.2, 0.25) is 0 Å². The van der Waals surface area contributed by atoms with Crippen LogP contribution >= 0.6 is 23.2 Å². The quantitative estimate of drug-likeness (QED) is 0.689. The zero-order valence-corrected chi connectivity index (χ0v) is 15.1. The Morgan fingerprint density at radius 3 is 2.58 bits per heavy atom. The molecule has 0 fully saturated rings. The van der Waals surface area contributed by atoms with Crippen LogP contribution in [0.25, 0.3) is 22.9 Å². The minimum Gasteiger partial charge on any atom is -0.372 e. The molecule has 0 radical (unpaired) electrons. The average Bonchev–Trinajstić information content (AvgIpc) is 2.62. The van der Waals surface area contributed by atoms with Crippen LogP contribution < -0.4 is 5.69 Å². The second kappa shape index (κ2) is 7.08. The molecule has 2 aromatic carbocycles. The first kappa shape index (κ1) is 17.0. The molecule has 26 heavy (non-hydrogen) atoms. The number of rotatable bonds is 2. The molecule has 4 nitrogen and oxygen atoms in total. The van der Waals surface area contributed by atoms with Gasteiger partial charge in [-0.3, -0.25) is 0 Å². The minimum absolute atomic E-state index is 0.369. The van der Waals surface area contributed by atoms with Crippen LogP contribution in [0.5, 0.6) is 0 Å². The Hall–Kier alpha value is -2.40. The molecular weight excluding hydrogens is 371 g/mol. The topological polar surface area (TPSA) is 55.0 Å². The Morgan fingerprint density at radius 1 is 1.04 bits per heavy atom. The summed E-state index contributed by atoms with van der Waals surface area (Å²) in [6, 6.07) is 14.8. The Morgan fingerprint density at radius 2 is 1.81 bits per heavy atom. The fourth-order valence-electron chi connectivity index (χ4n) is 3.03. The molecule has 0 amide bonds. The number of nitrogens with zero attached hydrogens (tertiary/aromatic N) is 1. The largest absolute Gasteiger partial charge is 0.372 e. The smallest absolute Gasteiger partial charge is 0.345 e. The van der Waals surface area contributed by atoms with Crippen molar-refractivity contribution in [1.82, 2.24) is 9.97 Å². The van der Waals surface area contributed by atoms with Gasteiger partial charge in [-0.2, -0.15) is 4.98 Å². The molecule has 1 N–H and O–H groups in total. The number of aromatic amines is 1. The predicted octanol–water partition coefficient (Wildman–Crippen LogP) is 4.81. The molecule has 6 heteroatoms. The van der Waals surface area contributed by atoms with E-state index in [-0.39, 0.29) is 0 Å². The number of nitrogens with one attached hydrogen (secondary N) is 1. The van der Waals surface area contributed by atoms with E-state index in [4.69, 9.17) is 27.9 Å². The maximum Gasteiger partial charge on any atom is 0.345 e. The van der Waals surface area contributed by atoms with Gasteiger partial charge in [0.25, 0.3) is 0 Å². The fourth-order valence-corrected chi connectivity index (χ4v) is 3.42. The van der Waals surface area contributed by atoms with Gasteiger partial charge in [0.15, 0.2) is 0 Å². The maximum atomic E-state index is 12.2. The van der Waals surface area contributed by atoms with Gasteiger partial charge in [-0.15, -0.1) is 0 Å². The number of ether oxygens (including phenoxy) is 1. The van der Waals surface area contributed by atoms with E-state index in [0.717, 1.165) is 22.3 Å². The van der Waals surface area contributed by atoms with Crippen molar-refractivity contribution in [2.75, 3.05) is 6.61 Å². The third-order valence-corrected chi connectivity index (χ3v) is 4.61. The third-order valence-electron chi connectivity index (χ3n) is 4.14. The number of hydrogen-bond donors (Lipinski definition) is 1. The molecule has 1 aliphatic rings. The van der Waals surface area contributed by atoms with Crippen molar-refractivity contribution in [3.05, 3.63) is 85.9 Å². The van der Waals surface area contributed by atoms with Gasteiger partial charge in [-0.1, -0.05) is 47.5 Å². The van der Waals surface area contributed by atoms with Crippen molar-refractivity contribution in [3.8, 4) is 11.3 Å². The van der Waals surface area contributed by atoms with Gasteiger partial charge in [0.05, 0.1) is 24.6 Å². The molecule has 0 bridgehead atoms. The molecule has 0 saturated carbocycles. The van der Waals surface area contributed by atoms with Gasteiger partial charge in [0, 0.05) is 21.2 Å². The van der Waals surface area contributed by atoms with Crippen LogP contribution in [-0.2, 0) is 11.3 Å². The molecule has 1 aliphatic heterocycles. The summed E-state index contributed by atoms with van der Waals surface area (Å²) in [5.74, 6) is 0. The molecule has 4 rings (SSSR count). The molecule has 130 valence electrons. The van der Waals surface area contributed by atoms with Crippen LogP contribution in [0.1, 0.15) is 16.8 Å². The van der Waals surface area contributed by atoms with Gasteiger partial charge in [-0.25, -0.2) is 4.79 Å². The summed E-state index contributed by atoms with van der Waals surface area (Å²) in [7, 11) is 0. The van der Waals surface area contributed by atoms with Crippen LogP contribution in [0.2, 0.25) is 10.0 Å². The van der Waals surface area contributed by atoms with E-state index in [1.807, 2.05) is 48.5 Å². The number of H-pyrrole nitrogens is 1. The van der Waals surface area contributed by atoms with E-state index in [0.29, 0.717) is 34.6 Å². The summed E-state index contributed by atoms with van der Waals surface area (Å²) < 4.78 is 5.75. The van der Waals surface area contributed by atoms with E-state index in [1.165, 1.54) is 0 Å². The lowest BCUT2D eigenvalue weighted by Crippen LogP contribution is -2.21. The molecular formula is C20H14Cl2N2O2. The van der Waals surface area contributed by atoms with E-state index in [2.05, 4.69) is 9.97 Å².